The number of fused-ring (bicyclic) bond motifs is 1. The molecule has 1 unspecified atom stereocenters. The van der Waals surface area contributed by atoms with Gasteiger partial charge in [-0.25, -0.2) is 9.37 Å². The van der Waals surface area contributed by atoms with Gasteiger partial charge in [0.2, 0.25) is 0 Å². The standard InChI is InChI=1S/C17H18Cl2FN3/c18-12-5-1-10(9-13(12)20)2-6-14-15-16(19)22-17(11-3-4-11)23(15)8-7-21-14/h1,5,9,11,14,21H,2-4,6-8H2. The number of halogens is 3. The van der Waals surface area contributed by atoms with E-state index < -0.39 is 0 Å². The maximum absolute atomic E-state index is 13.6. The van der Waals surface area contributed by atoms with Gasteiger partial charge in [-0.1, -0.05) is 29.3 Å². The lowest BCUT2D eigenvalue weighted by atomic mass is 10.0. The van der Waals surface area contributed by atoms with Gasteiger partial charge in [0.15, 0.2) is 5.15 Å². The zero-order valence-electron chi connectivity index (χ0n) is 12.7. The number of benzene rings is 1. The highest BCUT2D eigenvalue weighted by Gasteiger charge is 2.34. The third kappa shape index (κ3) is 3.00. The number of aromatic nitrogens is 2. The van der Waals surface area contributed by atoms with Crippen LogP contribution in [0.4, 0.5) is 4.39 Å². The quantitative estimate of drug-likeness (QED) is 0.877. The molecule has 1 saturated carbocycles. The van der Waals surface area contributed by atoms with E-state index in [0.717, 1.165) is 43.0 Å². The lowest BCUT2D eigenvalue weighted by Crippen LogP contribution is -2.34. The van der Waals surface area contributed by atoms with Crippen molar-refractivity contribution >= 4 is 23.2 Å². The SMILES string of the molecule is Fc1cc(CCC2NCCn3c(C4CC4)nc(Cl)c32)ccc1Cl. The van der Waals surface area contributed by atoms with Gasteiger partial charge >= 0.3 is 0 Å². The summed E-state index contributed by atoms with van der Waals surface area (Å²) in [6.07, 6.45) is 4.06. The number of rotatable bonds is 4. The van der Waals surface area contributed by atoms with Crippen molar-refractivity contribution in [1.82, 2.24) is 14.9 Å². The molecule has 2 aromatic rings. The Labute approximate surface area is 144 Å². The molecule has 1 aromatic heterocycles. The van der Waals surface area contributed by atoms with Crippen molar-refractivity contribution in [3.05, 3.63) is 51.3 Å². The largest absolute Gasteiger partial charge is 0.328 e. The van der Waals surface area contributed by atoms with Crippen molar-refractivity contribution in [1.29, 1.82) is 0 Å². The van der Waals surface area contributed by atoms with Crippen molar-refractivity contribution in [2.45, 2.75) is 44.2 Å². The molecule has 1 aromatic carbocycles. The van der Waals surface area contributed by atoms with E-state index in [-0.39, 0.29) is 16.9 Å². The highest BCUT2D eigenvalue weighted by atomic mass is 35.5. The summed E-state index contributed by atoms with van der Waals surface area (Å²) in [5.41, 5.74) is 2.04. The van der Waals surface area contributed by atoms with Gasteiger partial charge in [0, 0.05) is 19.0 Å². The predicted octanol–water partition coefficient (Wildman–Crippen LogP) is 4.48. The molecule has 4 rings (SSSR count). The Morgan fingerprint density at radius 2 is 2.13 bits per heavy atom. The van der Waals surface area contributed by atoms with Crippen LogP contribution in [0.25, 0.3) is 0 Å². The Morgan fingerprint density at radius 1 is 1.30 bits per heavy atom. The van der Waals surface area contributed by atoms with Crippen LogP contribution in [0.5, 0.6) is 0 Å². The van der Waals surface area contributed by atoms with Gasteiger partial charge in [-0.3, -0.25) is 0 Å². The second-order valence-corrected chi connectivity index (χ2v) is 7.13. The Kier molecular flexibility index (Phi) is 4.08. The van der Waals surface area contributed by atoms with E-state index in [1.165, 1.54) is 18.9 Å². The molecule has 3 nitrogen and oxygen atoms in total. The van der Waals surface area contributed by atoms with E-state index in [4.69, 9.17) is 23.2 Å². The summed E-state index contributed by atoms with van der Waals surface area (Å²) < 4.78 is 15.9. The fraction of sp³-hybridized carbons (Fsp3) is 0.471. The molecule has 1 aliphatic heterocycles. The summed E-state index contributed by atoms with van der Waals surface area (Å²) in [6, 6.07) is 5.17. The minimum Gasteiger partial charge on any atom is -0.328 e. The molecule has 1 aliphatic carbocycles. The van der Waals surface area contributed by atoms with Crippen LogP contribution in [-0.4, -0.2) is 16.1 Å². The van der Waals surface area contributed by atoms with Gasteiger partial charge in [0.25, 0.3) is 0 Å². The summed E-state index contributed by atoms with van der Waals surface area (Å²) in [5, 5.41) is 4.30. The second kappa shape index (κ2) is 6.08. The van der Waals surface area contributed by atoms with Crippen LogP contribution >= 0.6 is 23.2 Å². The maximum atomic E-state index is 13.6. The first-order chi connectivity index (χ1) is 11.1. The zero-order valence-corrected chi connectivity index (χ0v) is 14.2. The first-order valence-electron chi connectivity index (χ1n) is 8.06. The number of aryl methyl sites for hydroxylation is 1. The summed E-state index contributed by atoms with van der Waals surface area (Å²) in [7, 11) is 0. The smallest absolute Gasteiger partial charge is 0.152 e. The molecule has 1 atom stereocenters. The molecule has 122 valence electrons. The van der Waals surface area contributed by atoms with Gasteiger partial charge in [0.1, 0.15) is 11.6 Å². The average Bonchev–Trinajstić information content (AvgIpc) is 3.33. The number of nitrogens with zero attached hydrogens (tertiary/aromatic N) is 2. The molecule has 1 N–H and O–H groups in total. The van der Waals surface area contributed by atoms with Crippen molar-refractivity contribution < 1.29 is 4.39 Å². The Balaban J connectivity index is 1.53. The van der Waals surface area contributed by atoms with Crippen molar-refractivity contribution in [3.8, 4) is 0 Å². The van der Waals surface area contributed by atoms with Gasteiger partial charge in [-0.15, -0.1) is 0 Å². The van der Waals surface area contributed by atoms with Gasteiger partial charge in [0.05, 0.1) is 16.8 Å². The van der Waals surface area contributed by atoms with Crippen LogP contribution in [0.3, 0.4) is 0 Å². The summed E-state index contributed by atoms with van der Waals surface area (Å²) in [6.45, 7) is 1.84. The van der Waals surface area contributed by atoms with Crippen LogP contribution in [0, 0.1) is 5.82 Å². The first kappa shape index (κ1) is 15.4. The van der Waals surface area contributed by atoms with E-state index in [1.54, 1.807) is 6.07 Å². The number of hydrogen-bond donors (Lipinski definition) is 1. The Morgan fingerprint density at radius 3 is 2.87 bits per heavy atom. The highest BCUT2D eigenvalue weighted by Crippen LogP contribution is 2.42. The molecule has 6 heteroatoms. The maximum Gasteiger partial charge on any atom is 0.152 e. The van der Waals surface area contributed by atoms with Gasteiger partial charge in [-0.2, -0.15) is 0 Å². The molecule has 0 saturated heterocycles. The molecule has 0 amide bonds. The second-order valence-electron chi connectivity index (χ2n) is 6.37. The summed E-state index contributed by atoms with van der Waals surface area (Å²) in [5.74, 6) is 1.37. The predicted molar refractivity (Wildman–Crippen MR) is 89.7 cm³/mol. The monoisotopic (exact) mass is 353 g/mol. The lowest BCUT2D eigenvalue weighted by Gasteiger charge is -2.27. The fourth-order valence-corrected chi connectivity index (χ4v) is 3.80. The lowest BCUT2D eigenvalue weighted by molar-refractivity contribution is 0.400. The van der Waals surface area contributed by atoms with Gasteiger partial charge in [-0.05, 0) is 43.4 Å². The minimum atomic E-state index is -0.361. The molecule has 1 fully saturated rings. The summed E-state index contributed by atoms with van der Waals surface area (Å²) >= 11 is 12.1. The van der Waals surface area contributed by atoms with Crippen LogP contribution in [0.15, 0.2) is 18.2 Å². The molecule has 23 heavy (non-hydrogen) atoms. The van der Waals surface area contributed by atoms with E-state index in [9.17, 15) is 4.39 Å². The molecule has 0 radical (unpaired) electrons. The van der Waals surface area contributed by atoms with Crippen LogP contribution in [0.2, 0.25) is 10.2 Å². The highest BCUT2D eigenvalue weighted by molar-refractivity contribution is 6.30. The van der Waals surface area contributed by atoms with Crippen LogP contribution in [-0.2, 0) is 13.0 Å². The number of nitrogens with one attached hydrogen (secondary N) is 1. The van der Waals surface area contributed by atoms with Crippen molar-refractivity contribution in [3.63, 3.8) is 0 Å². The van der Waals surface area contributed by atoms with E-state index in [2.05, 4.69) is 14.9 Å². The Hall–Kier alpha value is -1.10. The third-order valence-corrected chi connectivity index (χ3v) is 5.28. The topological polar surface area (TPSA) is 29.9 Å². The first-order valence-corrected chi connectivity index (χ1v) is 8.82. The average molecular weight is 354 g/mol. The van der Waals surface area contributed by atoms with Gasteiger partial charge < -0.3 is 9.88 Å². The molecule has 0 spiro atoms. The van der Waals surface area contributed by atoms with Crippen molar-refractivity contribution in [2.75, 3.05) is 6.54 Å². The molecular weight excluding hydrogens is 336 g/mol. The van der Waals surface area contributed by atoms with Crippen LogP contribution in [0.1, 0.15) is 48.3 Å². The third-order valence-electron chi connectivity index (χ3n) is 4.70. The number of imidazole rings is 1. The van der Waals surface area contributed by atoms with E-state index in [1.807, 2.05) is 6.07 Å². The Bertz CT molecular complexity index is 740. The molecular formula is C17H18Cl2FN3. The molecule has 2 heterocycles. The van der Waals surface area contributed by atoms with Crippen LogP contribution < -0.4 is 5.32 Å². The molecule has 0 bridgehead atoms. The number of hydrogen-bond acceptors (Lipinski definition) is 2. The zero-order chi connectivity index (χ0) is 16.0. The molecule has 2 aliphatic rings. The normalized spacial score (nSPS) is 20.6. The summed E-state index contributed by atoms with van der Waals surface area (Å²) in [4.78, 5) is 4.60. The van der Waals surface area contributed by atoms with Crippen molar-refractivity contribution in [2.24, 2.45) is 0 Å². The van der Waals surface area contributed by atoms with E-state index in [0.29, 0.717) is 11.1 Å². The fourth-order valence-electron chi connectivity index (χ4n) is 3.37. The minimum absolute atomic E-state index is 0.162. The van der Waals surface area contributed by atoms with E-state index >= 15 is 0 Å².